The summed E-state index contributed by atoms with van der Waals surface area (Å²) in [5.41, 5.74) is 0.652. The highest BCUT2D eigenvalue weighted by Gasteiger charge is 2.18. The third-order valence-corrected chi connectivity index (χ3v) is 3.82. The van der Waals surface area contributed by atoms with Crippen molar-refractivity contribution in [3.63, 3.8) is 0 Å². The van der Waals surface area contributed by atoms with Crippen molar-refractivity contribution in [1.82, 2.24) is 5.32 Å². The van der Waals surface area contributed by atoms with Crippen LogP contribution in [0.1, 0.15) is 23.2 Å². The number of ether oxygens (including phenoxy) is 1. The molecule has 1 aromatic rings. The molecule has 1 atom stereocenters. The van der Waals surface area contributed by atoms with E-state index in [9.17, 15) is 4.79 Å². The van der Waals surface area contributed by atoms with Crippen LogP contribution in [0.15, 0.2) is 27.1 Å². The van der Waals surface area contributed by atoms with E-state index >= 15 is 0 Å². The van der Waals surface area contributed by atoms with Crippen LogP contribution in [0.3, 0.4) is 0 Å². The monoisotopic (exact) mass is 361 g/mol. The standard InChI is InChI=1S/C12H13Br2NO2/c13-8-3-4-10(11(14)6-8)12(16)15-9-2-1-5-17-7-9/h3-4,6,9H,1-2,5,7H2,(H,15,16). The zero-order valence-electron chi connectivity index (χ0n) is 9.21. The highest BCUT2D eigenvalue weighted by molar-refractivity contribution is 9.11. The Hall–Kier alpha value is -0.390. The van der Waals surface area contributed by atoms with E-state index in [0.29, 0.717) is 12.2 Å². The molecule has 1 fully saturated rings. The molecule has 1 unspecified atom stereocenters. The molecule has 0 aromatic heterocycles. The molecule has 1 heterocycles. The molecule has 92 valence electrons. The summed E-state index contributed by atoms with van der Waals surface area (Å²) in [5, 5.41) is 2.99. The molecular formula is C12H13Br2NO2. The number of rotatable bonds is 2. The third kappa shape index (κ3) is 3.53. The summed E-state index contributed by atoms with van der Waals surface area (Å²) in [6, 6.07) is 5.66. The Morgan fingerprint density at radius 2 is 2.24 bits per heavy atom. The van der Waals surface area contributed by atoms with Crippen LogP contribution in [-0.4, -0.2) is 25.2 Å². The number of carbonyl (C=O) groups excluding carboxylic acids is 1. The zero-order valence-corrected chi connectivity index (χ0v) is 12.4. The lowest BCUT2D eigenvalue weighted by molar-refractivity contribution is 0.0624. The Morgan fingerprint density at radius 1 is 1.41 bits per heavy atom. The SMILES string of the molecule is O=C(NC1CCCOC1)c1ccc(Br)cc1Br. The summed E-state index contributed by atoms with van der Waals surface area (Å²) in [4.78, 5) is 12.0. The van der Waals surface area contributed by atoms with Crippen molar-refractivity contribution in [3.05, 3.63) is 32.7 Å². The van der Waals surface area contributed by atoms with E-state index in [0.717, 1.165) is 28.4 Å². The van der Waals surface area contributed by atoms with Gasteiger partial charge in [-0.2, -0.15) is 0 Å². The molecule has 1 saturated heterocycles. The van der Waals surface area contributed by atoms with Crippen molar-refractivity contribution < 1.29 is 9.53 Å². The smallest absolute Gasteiger partial charge is 0.252 e. The number of carbonyl (C=O) groups is 1. The van der Waals surface area contributed by atoms with Gasteiger partial charge in [0.2, 0.25) is 0 Å². The van der Waals surface area contributed by atoms with Gasteiger partial charge in [-0.25, -0.2) is 0 Å². The molecule has 1 aliphatic rings. The van der Waals surface area contributed by atoms with Gasteiger partial charge in [0.1, 0.15) is 0 Å². The number of halogens is 2. The van der Waals surface area contributed by atoms with E-state index < -0.39 is 0 Å². The molecule has 0 aliphatic carbocycles. The molecule has 5 heteroatoms. The summed E-state index contributed by atoms with van der Waals surface area (Å²) in [5.74, 6) is -0.0557. The predicted molar refractivity (Wildman–Crippen MR) is 73.1 cm³/mol. The van der Waals surface area contributed by atoms with Crippen LogP contribution < -0.4 is 5.32 Å². The minimum Gasteiger partial charge on any atom is -0.379 e. The fourth-order valence-corrected chi connectivity index (χ4v) is 3.02. The number of hydrogen-bond acceptors (Lipinski definition) is 2. The molecule has 17 heavy (non-hydrogen) atoms. The van der Waals surface area contributed by atoms with Crippen molar-refractivity contribution in [2.24, 2.45) is 0 Å². The van der Waals surface area contributed by atoms with Crippen LogP contribution in [0.2, 0.25) is 0 Å². The van der Waals surface area contributed by atoms with Crippen LogP contribution in [0, 0.1) is 0 Å². The quantitative estimate of drug-likeness (QED) is 0.877. The topological polar surface area (TPSA) is 38.3 Å². The van der Waals surface area contributed by atoms with Gasteiger partial charge in [0.15, 0.2) is 0 Å². The Balaban J connectivity index is 2.03. The fraction of sp³-hybridized carbons (Fsp3) is 0.417. The highest BCUT2D eigenvalue weighted by Crippen LogP contribution is 2.22. The van der Waals surface area contributed by atoms with Crippen LogP contribution in [-0.2, 0) is 4.74 Å². The van der Waals surface area contributed by atoms with Gasteiger partial charge in [-0.05, 0) is 47.0 Å². The first kappa shape index (κ1) is 13.1. The molecular weight excluding hydrogens is 350 g/mol. The van der Waals surface area contributed by atoms with Crippen LogP contribution >= 0.6 is 31.9 Å². The zero-order chi connectivity index (χ0) is 12.3. The molecule has 1 aliphatic heterocycles. The van der Waals surface area contributed by atoms with E-state index in [-0.39, 0.29) is 11.9 Å². The van der Waals surface area contributed by atoms with Gasteiger partial charge >= 0.3 is 0 Å². The van der Waals surface area contributed by atoms with E-state index in [1.54, 1.807) is 6.07 Å². The third-order valence-electron chi connectivity index (χ3n) is 2.67. The van der Waals surface area contributed by atoms with Crippen LogP contribution in [0.4, 0.5) is 0 Å². The molecule has 0 spiro atoms. The molecule has 0 bridgehead atoms. The highest BCUT2D eigenvalue weighted by atomic mass is 79.9. The van der Waals surface area contributed by atoms with Gasteiger partial charge in [0, 0.05) is 15.6 Å². The Labute approximate surface area is 117 Å². The predicted octanol–water partition coefficient (Wildman–Crippen LogP) is 3.12. The average molecular weight is 363 g/mol. The second kappa shape index (κ2) is 5.98. The first-order valence-electron chi connectivity index (χ1n) is 5.50. The summed E-state index contributed by atoms with van der Waals surface area (Å²) < 4.78 is 7.07. The first-order chi connectivity index (χ1) is 8.16. The molecule has 1 aromatic carbocycles. The van der Waals surface area contributed by atoms with E-state index in [4.69, 9.17) is 4.74 Å². The molecule has 1 amide bonds. The summed E-state index contributed by atoms with van der Waals surface area (Å²) in [7, 11) is 0. The molecule has 0 saturated carbocycles. The van der Waals surface area contributed by atoms with Crippen molar-refractivity contribution in [2.75, 3.05) is 13.2 Å². The minimum absolute atomic E-state index is 0.0557. The van der Waals surface area contributed by atoms with Gasteiger partial charge in [-0.1, -0.05) is 15.9 Å². The molecule has 3 nitrogen and oxygen atoms in total. The van der Waals surface area contributed by atoms with Crippen LogP contribution in [0.25, 0.3) is 0 Å². The Bertz CT molecular complexity index is 417. The summed E-state index contributed by atoms with van der Waals surface area (Å²) in [6.07, 6.45) is 1.99. The molecule has 0 radical (unpaired) electrons. The average Bonchev–Trinajstić information content (AvgIpc) is 2.30. The summed E-state index contributed by atoms with van der Waals surface area (Å²) in [6.45, 7) is 1.41. The maximum absolute atomic E-state index is 12.0. The maximum atomic E-state index is 12.0. The fourth-order valence-electron chi connectivity index (χ4n) is 1.79. The van der Waals surface area contributed by atoms with E-state index in [2.05, 4.69) is 37.2 Å². The summed E-state index contributed by atoms with van der Waals surface area (Å²) >= 11 is 6.75. The minimum atomic E-state index is -0.0557. The van der Waals surface area contributed by atoms with Crippen molar-refractivity contribution >= 4 is 37.8 Å². The number of amides is 1. The lowest BCUT2D eigenvalue weighted by Crippen LogP contribution is -2.40. The van der Waals surface area contributed by atoms with Crippen molar-refractivity contribution in [2.45, 2.75) is 18.9 Å². The van der Waals surface area contributed by atoms with Crippen molar-refractivity contribution in [3.8, 4) is 0 Å². The second-order valence-corrected chi connectivity index (χ2v) is 5.78. The lowest BCUT2D eigenvalue weighted by Gasteiger charge is -2.23. The Morgan fingerprint density at radius 3 is 2.88 bits per heavy atom. The Kier molecular flexibility index (Phi) is 4.59. The van der Waals surface area contributed by atoms with E-state index in [1.807, 2.05) is 12.1 Å². The molecule has 2 rings (SSSR count). The van der Waals surface area contributed by atoms with Crippen molar-refractivity contribution in [1.29, 1.82) is 0 Å². The van der Waals surface area contributed by atoms with Gasteiger partial charge in [0.25, 0.3) is 5.91 Å². The van der Waals surface area contributed by atoms with Gasteiger partial charge in [-0.15, -0.1) is 0 Å². The maximum Gasteiger partial charge on any atom is 0.252 e. The largest absolute Gasteiger partial charge is 0.379 e. The van der Waals surface area contributed by atoms with Gasteiger partial charge in [0.05, 0.1) is 18.2 Å². The first-order valence-corrected chi connectivity index (χ1v) is 7.09. The second-order valence-electron chi connectivity index (χ2n) is 4.01. The normalized spacial score (nSPS) is 20.0. The van der Waals surface area contributed by atoms with E-state index in [1.165, 1.54) is 0 Å². The number of hydrogen-bond donors (Lipinski definition) is 1. The van der Waals surface area contributed by atoms with Crippen LogP contribution in [0.5, 0.6) is 0 Å². The number of benzene rings is 1. The lowest BCUT2D eigenvalue weighted by atomic mass is 10.1. The molecule has 1 N–H and O–H groups in total. The van der Waals surface area contributed by atoms with Gasteiger partial charge in [-0.3, -0.25) is 4.79 Å². The number of nitrogens with one attached hydrogen (secondary N) is 1. The van der Waals surface area contributed by atoms with Gasteiger partial charge < -0.3 is 10.1 Å².